The molecule has 21 heavy (non-hydrogen) atoms. The molecule has 0 spiro atoms. The maximum atomic E-state index is 14.2. The molecule has 1 N–H and O–H groups in total. The third-order valence-electron chi connectivity index (χ3n) is 4.49. The lowest BCUT2D eigenvalue weighted by molar-refractivity contribution is 0.112. The molecular weight excluding hydrogens is 338 g/mol. The summed E-state index contributed by atoms with van der Waals surface area (Å²) >= 11 is 3.13. The molecule has 0 aliphatic heterocycles. The van der Waals surface area contributed by atoms with Gasteiger partial charge in [-0.2, -0.15) is 0 Å². The van der Waals surface area contributed by atoms with Crippen molar-refractivity contribution >= 4 is 15.9 Å². The van der Waals surface area contributed by atoms with Crippen LogP contribution in [0.15, 0.2) is 16.6 Å². The molecule has 0 aromatic heterocycles. The summed E-state index contributed by atoms with van der Waals surface area (Å²) in [5.74, 6) is -0.995. The van der Waals surface area contributed by atoms with E-state index < -0.39 is 11.6 Å². The zero-order valence-corrected chi connectivity index (χ0v) is 15.0. The number of hydrogen-bond acceptors (Lipinski definition) is 2. The molecule has 120 valence electrons. The van der Waals surface area contributed by atoms with Gasteiger partial charge in [0.15, 0.2) is 0 Å². The van der Waals surface area contributed by atoms with E-state index >= 15 is 0 Å². The number of benzene rings is 1. The molecule has 0 fully saturated rings. The molecule has 1 aromatic rings. The van der Waals surface area contributed by atoms with Crippen molar-refractivity contribution in [2.45, 2.75) is 45.2 Å². The normalized spacial score (nSPS) is 16.0. The first-order valence-electron chi connectivity index (χ1n) is 7.31. The molecule has 5 heteroatoms. The Morgan fingerprint density at radius 1 is 1.29 bits per heavy atom. The molecule has 2 nitrogen and oxygen atoms in total. The Kier molecular flexibility index (Phi) is 6.75. The van der Waals surface area contributed by atoms with Gasteiger partial charge in [0.2, 0.25) is 0 Å². The molecule has 0 saturated heterocycles. The molecule has 0 saturated carbocycles. The minimum atomic E-state index is -0.505. The van der Waals surface area contributed by atoms with Gasteiger partial charge in [0, 0.05) is 17.1 Å². The Balaban J connectivity index is 3.18. The molecule has 0 bridgehead atoms. The van der Waals surface area contributed by atoms with Crippen LogP contribution in [0, 0.1) is 11.6 Å². The van der Waals surface area contributed by atoms with E-state index in [1.165, 1.54) is 12.1 Å². The number of nitrogens with one attached hydrogen (secondary N) is 1. The standard InChI is InChI=1S/C16H25BrF2N2/c1-6-16(3,21(4)5)14(20-7-2)10-11-13(18)9-8-12(17)15(11)19/h8-9,14,20H,6-7,10H2,1-5H3. The second kappa shape index (κ2) is 7.65. The van der Waals surface area contributed by atoms with E-state index in [0.717, 1.165) is 13.0 Å². The minimum Gasteiger partial charge on any atom is -0.312 e. The molecule has 1 aromatic carbocycles. The van der Waals surface area contributed by atoms with Crippen molar-refractivity contribution < 1.29 is 8.78 Å². The van der Waals surface area contributed by atoms with Crippen LogP contribution in [0.1, 0.15) is 32.8 Å². The summed E-state index contributed by atoms with van der Waals surface area (Å²) in [4.78, 5) is 2.12. The Hall–Kier alpha value is -0.520. The zero-order valence-electron chi connectivity index (χ0n) is 13.4. The third kappa shape index (κ3) is 4.02. The van der Waals surface area contributed by atoms with Gasteiger partial charge in [0.05, 0.1) is 4.47 Å². The van der Waals surface area contributed by atoms with Crippen LogP contribution in [0.3, 0.4) is 0 Å². The van der Waals surface area contributed by atoms with Gasteiger partial charge in [-0.1, -0.05) is 13.8 Å². The number of halogens is 3. The first-order valence-corrected chi connectivity index (χ1v) is 8.10. The van der Waals surface area contributed by atoms with Crippen LogP contribution >= 0.6 is 15.9 Å². The number of nitrogens with zero attached hydrogens (tertiary/aromatic N) is 1. The molecule has 0 heterocycles. The summed E-state index contributed by atoms with van der Waals surface area (Å²) in [7, 11) is 4.00. The van der Waals surface area contributed by atoms with Crippen LogP contribution in [0.25, 0.3) is 0 Å². The molecule has 0 aliphatic carbocycles. The van der Waals surface area contributed by atoms with Crippen molar-refractivity contribution in [1.82, 2.24) is 10.2 Å². The van der Waals surface area contributed by atoms with E-state index in [1.807, 2.05) is 21.0 Å². The molecule has 2 atom stereocenters. The predicted molar refractivity (Wildman–Crippen MR) is 87.6 cm³/mol. The predicted octanol–water partition coefficient (Wildman–Crippen LogP) is 3.98. The minimum absolute atomic E-state index is 0.0409. The molecule has 0 radical (unpaired) electrons. The van der Waals surface area contributed by atoms with Crippen molar-refractivity contribution in [2.75, 3.05) is 20.6 Å². The van der Waals surface area contributed by atoms with E-state index in [0.29, 0.717) is 10.9 Å². The SMILES string of the molecule is CCNC(Cc1c(F)ccc(Br)c1F)C(C)(CC)N(C)C. The second-order valence-corrected chi connectivity index (χ2v) is 6.60. The number of hydrogen-bond donors (Lipinski definition) is 1. The summed E-state index contributed by atoms with van der Waals surface area (Å²) in [5.41, 5.74) is -0.0474. The van der Waals surface area contributed by atoms with Gasteiger partial charge in [-0.25, -0.2) is 8.78 Å². The molecule has 0 amide bonds. The van der Waals surface area contributed by atoms with Gasteiger partial charge in [-0.3, -0.25) is 0 Å². The highest BCUT2D eigenvalue weighted by molar-refractivity contribution is 9.10. The maximum Gasteiger partial charge on any atom is 0.143 e. The van der Waals surface area contributed by atoms with E-state index in [9.17, 15) is 8.78 Å². The van der Waals surface area contributed by atoms with Crippen molar-refractivity contribution in [3.05, 3.63) is 33.8 Å². The van der Waals surface area contributed by atoms with Crippen molar-refractivity contribution in [2.24, 2.45) is 0 Å². The van der Waals surface area contributed by atoms with E-state index in [2.05, 4.69) is 40.0 Å². The van der Waals surface area contributed by atoms with Crippen molar-refractivity contribution in [3.63, 3.8) is 0 Å². The van der Waals surface area contributed by atoms with Crippen molar-refractivity contribution in [3.8, 4) is 0 Å². The molecule has 1 rings (SSSR count). The number of likely N-dealkylation sites (N-methyl/N-ethyl adjacent to an activating group) is 2. The van der Waals surface area contributed by atoms with Crippen molar-refractivity contribution in [1.29, 1.82) is 0 Å². The summed E-state index contributed by atoms with van der Waals surface area (Å²) < 4.78 is 28.6. The smallest absolute Gasteiger partial charge is 0.143 e. The lowest BCUT2D eigenvalue weighted by atomic mass is 9.83. The Labute approximate surface area is 135 Å². The summed E-state index contributed by atoms with van der Waals surface area (Å²) in [5, 5.41) is 3.39. The lowest BCUT2D eigenvalue weighted by Crippen LogP contribution is -2.57. The van der Waals surface area contributed by atoms with E-state index in [1.54, 1.807) is 0 Å². The monoisotopic (exact) mass is 362 g/mol. The van der Waals surface area contributed by atoms with Gasteiger partial charge in [0.25, 0.3) is 0 Å². The second-order valence-electron chi connectivity index (χ2n) is 5.74. The van der Waals surface area contributed by atoms with Gasteiger partial charge >= 0.3 is 0 Å². The molecular formula is C16H25BrF2N2. The van der Waals surface area contributed by atoms with E-state index in [4.69, 9.17) is 0 Å². The van der Waals surface area contributed by atoms with Gasteiger partial charge < -0.3 is 10.2 Å². The summed E-state index contributed by atoms with van der Waals surface area (Å²) in [6.45, 7) is 6.98. The van der Waals surface area contributed by atoms with Crippen LogP contribution in [0.2, 0.25) is 0 Å². The number of rotatable bonds is 7. The summed E-state index contributed by atoms with van der Waals surface area (Å²) in [6.07, 6.45) is 1.20. The Morgan fingerprint density at radius 2 is 1.90 bits per heavy atom. The third-order valence-corrected chi connectivity index (χ3v) is 5.10. The first kappa shape index (κ1) is 18.5. The highest BCUT2D eigenvalue weighted by Crippen LogP contribution is 2.28. The fraction of sp³-hybridized carbons (Fsp3) is 0.625. The quantitative estimate of drug-likeness (QED) is 0.738. The highest BCUT2D eigenvalue weighted by atomic mass is 79.9. The van der Waals surface area contributed by atoms with Crippen LogP contribution in [-0.4, -0.2) is 37.1 Å². The molecule has 0 aliphatic rings. The lowest BCUT2D eigenvalue weighted by Gasteiger charge is -2.43. The first-order chi connectivity index (χ1) is 9.77. The topological polar surface area (TPSA) is 15.3 Å². The van der Waals surface area contributed by atoms with Crippen LogP contribution in [0.5, 0.6) is 0 Å². The average molecular weight is 363 g/mol. The van der Waals surface area contributed by atoms with Crippen LogP contribution in [-0.2, 0) is 6.42 Å². The molecule has 2 unspecified atom stereocenters. The van der Waals surface area contributed by atoms with Gasteiger partial charge in [0.1, 0.15) is 11.6 Å². The van der Waals surface area contributed by atoms with E-state index in [-0.39, 0.29) is 17.1 Å². The van der Waals surface area contributed by atoms with Gasteiger partial charge in [-0.15, -0.1) is 0 Å². The highest BCUT2D eigenvalue weighted by Gasteiger charge is 2.35. The van der Waals surface area contributed by atoms with Gasteiger partial charge in [-0.05, 0) is 68.5 Å². The average Bonchev–Trinajstić information content (AvgIpc) is 2.45. The van der Waals surface area contributed by atoms with Crippen LogP contribution in [0.4, 0.5) is 8.78 Å². The fourth-order valence-electron chi connectivity index (χ4n) is 2.59. The zero-order chi connectivity index (χ0) is 16.2. The Morgan fingerprint density at radius 3 is 2.38 bits per heavy atom. The maximum absolute atomic E-state index is 14.2. The largest absolute Gasteiger partial charge is 0.312 e. The summed E-state index contributed by atoms with van der Waals surface area (Å²) in [6, 6.07) is 2.67. The van der Waals surface area contributed by atoms with Crippen LogP contribution < -0.4 is 5.32 Å². The fourth-order valence-corrected chi connectivity index (χ4v) is 2.96. The Bertz CT molecular complexity index is 480.